The average molecular weight is 357 g/mol. The maximum atomic E-state index is 5.11. The van der Waals surface area contributed by atoms with E-state index in [1.807, 2.05) is 12.3 Å². The fraction of sp³-hybridized carbons (Fsp3) is 0.280. The van der Waals surface area contributed by atoms with Crippen molar-refractivity contribution < 1.29 is 0 Å². The van der Waals surface area contributed by atoms with Crippen molar-refractivity contribution in [3.63, 3.8) is 0 Å². The topological polar surface area (TPSA) is 25.8 Å². The number of pyridine rings is 2. The van der Waals surface area contributed by atoms with Gasteiger partial charge in [0.05, 0.1) is 11.4 Å². The number of fused-ring (bicyclic) bond motifs is 1. The largest absolute Gasteiger partial charge is 0.254 e. The molecule has 0 amide bonds. The second kappa shape index (κ2) is 8.30. The SMILES string of the molecule is C=C/C=C\c1cnc(-c2nc3c(c(C)c2C)C/C=C\C=C/C3)c(CC)c1C. The molecule has 27 heavy (non-hydrogen) atoms. The minimum absolute atomic E-state index is 0.869. The van der Waals surface area contributed by atoms with Crippen molar-refractivity contribution in [3.8, 4) is 11.4 Å². The Morgan fingerprint density at radius 2 is 1.74 bits per heavy atom. The summed E-state index contributed by atoms with van der Waals surface area (Å²) in [4.78, 5) is 9.95. The first kappa shape index (κ1) is 19.0. The highest BCUT2D eigenvalue weighted by Gasteiger charge is 2.19. The Morgan fingerprint density at radius 1 is 1.00 bits per heavy atom. The van der Waals surface area contributed by atoms with Gasteiger partial charge in [-0.25, -0.2) is 0 Å². The molecule has 0 radical (unpaired) electrons. The molecule has 0 saturated carbocycles. The van der Waals surface area contributed by atoms with Crippen LogP contribution in [0.4, 0.5) is 0 Å². The lowest BCUT2D eigenvalue weighted by Crippen LogP contribution is -2.08. The van der Waals surface area contributed by atoms with Crippen LogP contribution in [0.25, 0.3) is 17.5 Å². The molecule has 0 fully saturated rings. The van der Waals surface area contributed by atoms with E-state index < -0.39 is 0 Å². The molecule has 3 rings (SSSR count). The molecule has 0 aliphatic heterocycles. The van der Waals surface area contributed by atoms with Crippen LogP contribution >= 0.6 is 0 Å². The molecule has 2 aromatic heterocycles. The van der Waals surface area contributed by atoms with Crippen molar-refractivity contribution >= 4 is 6.08 Å². The second-order valence-corrected chi connectivity index (χ2v) is 7.01. The summed E-state index contributed by atoms with van der Waals surface area (Å²) in [7, 11) is 0. The highest BCUT2D eigenvalue weighted by Crippen LogP contribution is 2.32. The molecule has 0 aromatic carbocycles. The standard InChI is InChI=1S/C25H28N2/c1-6-8-13-20-16-26-25(21(7-2)19(20)5)24-18(4)17(3)22-14-11-9-10-12-15-23(22)27-24/h6,8-13,16H,1,7,14-15H2,2-5H3/b11-9-,12-10-,13-8-. The van der Waals surface area contributed by atoms with Gasteiger partial charge in [-0.1, -0.05) is 56.0 Å². The number of rotatable bonds is 4. The molecule has 2 nitrogen and oxygen atoms in total. The first-order valence-corrected chi connectivity index (χ1v) is 9.67. The smallest absolute Gasteiger partial charge is 0.0924 e. The maximum absolute atomic E-state index is 5.11. The predicted molar refractivity (Wildman–Crippen MR) is 116 cm³/mol. The van der Waals surface area contributed by atoms with Gasteiger partial charge < -0.3 is 0 Å². The van der Waals surface area contributed by atoms with Gasteiger partial charge in [-0.2, -0.15) is 0 Å². The third-order valence-electron chi connectivity index (χ3n) is 5.48. The molecule has 0 unspecified atom stereocenters. The summed E-state index contributed by atoms with van der Waals surface area (Å²) in [6.07, 6.45) is 19.2. The number of aromatic nitrogens is 2. The fourth-order valence-corrected chi connectivity index (χ4v) is 3.74. The number of hydrogen-bond donors (Lipinski definition) is 0. The van der Waals surface area contributed by atoms with Gasteiger partial charge in [0.2, 0.25) is 0 Å². The zero-order valence-corrected chi connectivity index (χ0v) is 16.8. The van der Waals surface area contributed by atoms with Gasteiger partial charge >= 0.3 is 0 Å². The van der Waals surface area contributed by atoms with Crippen LogP contribution in [0.1, 0.15) is 46.0 Å². The maximum Gasteiger partial charge on any atom is 0.0924 e. The highest BCUT2D eigenvalue weighted by molar-refractivity contribution is 5.70. The molecule has 0 N–H and O–H groups in total. The van der Waals surface area contributed by atoms with E-state index in [2.05, 4.69) is 64.7 Å². The summed E-state index contributed by atoms with van der Waals surface area (Å²) in [5.74, 6) is 0. The summed E-state index contributed by atoms with van der Waals surface area (Å²) < 4.78 is 0. The lowest BCUT2D eigenvalue weighted by atomic mass is 9.91. The summed E-state index contributed by atoms with van der Waals surface area (Å²) in [5, 5.41) is 0. The van der Waals surface area contributed by atoms with Gasteiger partial charge in [0.25, 0.3) is 0 Å². The third kappa shape index (κ3) is 3.71. The molecular formula is C25H28N2. The molecule has 2 heteroatoms. The Hall–Kier alpha value is -2.74. The molecular weight excluding hydrogens is 328 g/mol. The van der Waals surface area contributed by atoms with Gasteiger partial charge in [-0.3, -0.25) is 9.97 Å². The molecule has 138 valence electrons. The predicted octanol–water partition coefficient (Wildman–Crippen LogP) is 6.04. The van der Waals surface area contributed by atoms with Crippen molar-refractivity contribution in [2.75, 3.05) is 0 Å². The van der Waals surface area contributed by atoms with Gasteiger partial charge in [0.1, 0.15) is 0 Å². The molecule has 2 aromatic rings. The van der Waals surface area contributed by atoms with Gasteiger partial charge in [0.15, 0.2) is 0 Å². The zero-order chi connectivity index (χ0) is 19.4. The van der Waals surface area contributed by atoms with Crippen LogP contribution < -0.4 is 0 Å². The first-order valence-electron chi connectivity index (χ1n) is 9.67. The van der Waals surface area contributed by atoms with Crippen molar-refractivity contribution in [3.05, 3.63) is 88.3 Å². The molecule has 0 atom stereocenters. The number of nitrogens with zero attached hydrogens (tertiary/aromatic N) is 2. The Kier molecular flexibility index (Phi) is 5.85. The Balaban J connectivity index is 2.21. The Bertz CT molecular complexity index is 959. The van der Waals surface area contributed by atoms with Gasteiger partial charge in [-0.05, 0) is 67.0 Å². The summed E-state index contributed by atoms with van der Waals surface area (Å²) >= 11 is 0. The van der Waals surface area contributed by atoms with Crippen molar-refractivity contribution in [1.82, 2.24) is 9.97 Å². The molecule has 1 aliphatic rings. The molecule has 0 spiro atoms. The monoisotopic (exact) mass is 356 g/mol. The highest BCUT2D eigenvalue weighted by atomic mass is 14.8. The third-order valence-corrected chi connectivity index (χ3v) is 5.48. The van der Waals surface area contributed by atoms with E-state index in [0.29, 0.717) is 0 Å². The van der Waals surface area contributed by atoms with Crippen molar-refractivity contribution in [2.24, 2.45) is 0 Å². The quantitative estimate of drug-likeness (QED) is 0.624. The fourth-order valence-electron chi connectivity index (χ4n) is 3.74. The van der Waals surface area contributed by atoms with Crippen LogP contribution in [0.3, 0.4) is 0 Å². The van der Waals surface area contributed by atoms with E-state index in [-0.39, 0.29) is 0 Å². The minimum Gasteiger partial charge on any atom is -0.254 e. The summed E-state index contributed by atoms with van der Waals surface area (Å²) in [5.41, 5.74) is 10.9. The lowest BCUT2D eigenvalue weighted by molar-refractivity contribution is 0.986. The van der Waals surface area contributed by atoms with Crippen LogP contribution in [0, 0.1) is 20.8 Å². The van der Waals surface area contributed by atoms with Crippen LogP contribution in [-0.4, -0.2) is 9.97 Å². The Labute approximate surface area is 163 Å². The van der Waals surface area contributed by atoms with Gasteiger partial charge in [0, 0.05) is 18.3 Å². The Morgan fingerprint density at radius 3 is 2.44 bits per heavy atom. The van der Waals surface area contributed by atoms with E-state index >= 15 is 0 Å². The molecule has 0 bridgehead atoms. The molecule has 1 aliphatic carbocycles. The van der Waals surface area contributed by atoms with E-state index in [0.717, 1.165) is 36.2 Å². The van der Waals surface area contributed by atoms with Crippen LogP contribution in [-0.2, 0) is 19.3 Å². The summed E-state index contributed by atoms with van der Waals surface area (Å²) in [6.45, 7) is 12.5. The van der Waals surface area contributed by atoms with Crippen LogP contribution in [0.15, 0.2) is 49.2 Å². The van der Waals surface area contributed by atoms with Crippen molar-refractivity contribution in [1.29, 1.82) is 0 Å². The number of hydrogen-bond acceptors (Lipinski definition) is 2. The van der Waals surface area contributed by atoms with Crippen LogP contribution in [0.2, 0.25) is 0 Å². The van der Waals surface area contributed by atoms with E-state index in [1.165, 1.54) is 33.5 Å². The van der Waals surface area contributed by atoms with E-state index in [9.17, 15) is 0 Å². The second-order valence-electron chi connectivity index (χ2n) is 7.01. The number of allylic oxidation sites excluding steroid dienone is 6. The molecule has 2 heterocycles. The lowest BCUT2D eigenvalue weighted by Gasteiger charge is -2.19. The average Bonchev–Trinajstić information content (AvgIpc) is 2.64. The van der Waals surface area contributed by atoms with Crippen molar-refractivity contribution in [2.45, 2.75) is 47.0 Å². The zero-order valence-electron chi connectivity index (χ0n) is 16.8. The minimum atomic E-state index is 0.869. The first-order chi connectivity index (χ1) is 13.1. The normalized spacial score (nSPS) is 15.9. The van der Waals surface area contributed by atoms with E-state index in [1.54, 1.807) is 6.08 Å². The molecule has 0 saturated heterocycles. The van der Waals surface area contributed by atoms with Gasteiger partial charge in [-0.15, -0.1) is 0 Å². The van der Waals surface area contributed by atoms with E-state index in [4.69, 9.17) is 9.97 Å². The summed E-state index contributed by atoms with van der Waals surface area (Å²) in [6, 6.07) is 0. The van der Waals surface area contributed by atoms with Crippen LogP contribution in [0.5, 0.6) is 0 Å².